The monoisotopic (exact) mass is 374 g/mol. The van der Waals surface area contributed by atoms with Gasteiger partial charge in [0.05, 0.1) is 11.4 Å². The van der Waals surface area contributed by atoms with E-state index in [9.17, 15) is 0 Å². The molecule has 4 rings (SSSR count). The number of hydrogen-bond donors (Lipinski definition) is 0. The van der Waals surface area contributed by atoms with Gasteiger partial charge in [-0.3, -0.25) is 0 Å². The molecule has 0 saturated heterocycles. The number of rotatable bonds is 3. The van der Waals surface area contributed by atoms with E-state index in [0.717, 1.165) is 36.5 Å². The minimum Gasteiger partial charge on any atom is -0.399 e. The maximum atomic E-state index is 5.13. The zero-order chi connectivity index (χ0) is 19.2. The minimum atomic E-state index is 0.424. The molecular weight excluding hydrogens is 336 g/mol. The first-order valence-corrected chi connectivity index (χ1v) is 11.1. The van der Waals surface area contributed by atoms with Crippen LogP contribution in [0.2, 0.25) is 0 Å². The second kappa shape index (κ2) is 7.08. The van der Waals surface area contributed by atoms with Crippen LogP contribution < -0.4 is 0 Å². The van der Waals surface area contributed by atoms with Crippen LogP contribution in [0, 0.1) is 40.4 Å². The highest BCUT2D eigenvalue weighted by atomic mass is 16.6. The summed E-state index contributed by atoms with van der Waals surface area (Å²) in [6.45, 7) is 7.37. The summed E-state index contributed by atoms with van der Waals surface area (Å²) >= 11 is 0. The van der Waals surface area contributed by atoms with Crippen molar-refractivity contribution >= 4 is 11.4 Å². The molecule has 0 heterocycles. The third-order valence-corrected chi connectivity index (χ3v) is 9.46. The van der Waals surface area contributed by atoms with Crippen molar-refractivity contribution in [3.63, 3.8) is 0 Å². The third-order valence-electron chi connectivity index (χ3n) is 9.46. The van der Waals surface area contributed by atoms with Crippen LogP contribution in [0.1, 0.15) is 78.6 Å². The second-order valence-electron chi connectivity index (χ2n) is 10.3. The average molecular weight is 375 g/mol. The molecule has 27 heavy (non-hydrogen) atoms. The maximum absolute atomic E-state index is 5.13. The standard InChI is InChI=1S/C23H38N2O2/c1-15(24-26-4)19-8-9-20-18-7-6-16-14-17(25-27-5)10-12-22(16,2)21(18)11-13-23(19,20)3/h16,18-21H,6-14H2,1-5H3. The van der Waals surface area contributed by atoms with Gasteiger partial charge < -0.3 is 9.68 Å². The summed E-state index contributed by atoms with van der Waals surface area (Å²) in [7, 11) is 3.37. The molecule has 4 aliphatic carbocycles. The van der Waals surface area contributed by atoms with Gasteiger partial charge in [0, 0.05) is 5.92 Å². The Kier molecular flexibility index (Phi) is 5.05. The molecule has 0 aromatic rings. The van der Waals surface area contributed by atoms with Crippen LogP contribution in [0.25, 0.3) is 0 Å². The molecule has 4 nitrogen and oxygen atoms in total. The van der Waals surface area contributed by atoms with Gasteiger partial charge in [0.15, 0.2) is 0 Å². The molecule has 0 radical (unpaired) electrons. The van der Waals surface area contributed by atoms with Crippen molar-refractivity contribution in [1.29, 1.82) is 0 Å². The van der Waals surface area contributed by atoms with Crippen LogP contribution in [-0.2, 0) is 9.68 Å². The van der Waals surface area contributed by atoms with Crippen LogP contribution in [0.4, 0.5) is 0 Å². The van der Waals surface area contributed by atoms with Gasteiger partial charge in [0.1, 0.15) is 14.2 Å². The second-order valence-corrected chi connectivity index (χ2v) is 10.3. The first kappa shape index (κ1) is 19.3. The molecule has 0 N–H and O–H groups in total. The van der Waals surface area contributed by atoms with E-state index >= 15 is 0 Å². The van der Waals surface area contributed by atoms with E-state index in [0.29, 0.717) is 16.7 Å². The van der Waals surface area contributed by atoms with Crippen molar-refractivity contribution in [2.75, 3.05) is 14.2 Å². The molecule has 0 amide bonds. The summed E-state index contributed by atoms with van der Waals surface area (Å²) in [5, 5.41) is 8.66. The van der Waals surface area contributed by atoms with Crippen LogP contribution in [0.15, 0.2) is 10.3 Å². The lowest BCUT2D eigenvalue weighted by molar-refractivity contribution is -0.0963. The topological polar surface area (TPSA) is 43.2 Å². The Labute approximate surface area is 165 Å². The van der Waals surface area contributed by atoms with Gasteiger partial charge in [-0.25, -0.2) is 0 Å². The molecule has 4 aliphatic rings. The predicted molar refractivity (Wildman–Crippen MR) is 110 cm³/mol. The van der Waals surface area contributed by atoms with E-state index < -0.39 is 0 Å². The fraction of sp³-hybridized carbons (Fsp3) is 0.913. The van der Waals surface area contributed by atoms with Crippen molar-refractivity contribution in [3.8, 4) is 0 Å². The Morgan fingerprint density at radius 3 is 2.44 bits per heavy atom. The van der Waals surface area contributed by atoms with Gasteiger partial charge in [0.25, 0.3) is 0 Å². The first-order chi connectivity index (χ1) is 12.9. The smallest absolute Gasteiger partial charge is 0.106 e. The van der Waals surface area contributed by atoms with Gasteiger partial charge in [0.2, 0.25) is 0 Å². The quantitative estimate of drug-likeness (QED) is 0.472. The van der Waals surface area contributed by atoms with Gasteiger partial charge in [-0.05, 0) is 99.2 Å². The van der Waals surface area contributed by atoms with Gasteiger partial charge in [-0.15, -0.1) is 0 Å². The highest BCUT2D eigenvalue weighted by molar-refractivity contribution is 5.85. The van der Waals surface area contributed by atoms with Crippen LogP contribution in [0.3, 0.4) is 0 Å². The summed E-state index contributed by atoms with van der Waals surface area (Å²) in [6, 6.07) is 0. The van der Waals surface area contributed by atoms with E-state index in [1.54, 1.807) is 14.2 Å². The van der Waals surface area contributed by atoms with Crippen molar-refractivity contribution in [2.24, 2.45) is 50.7 Å². The van der Waals surface area contributed by atoms with E-state index in [1.807, 2.05) is 0 Å². The van der Waals surface area contributed by atoms with E-state index in [1.165, 1.54) is 56.4 Å². The fourth-order valence-electron chi connectivity index (χ4n) is 8.17. The van der Waals surface area contributed by atoms with Crippen molar-refractivity contribution in [1.82, 2.24) is 0 Å². The largest absolute Gasteiger partial charge is 0.399 e. The summed E-state index contributed by atoms with van der Waals surface area (Å²) in [4.78, 5) is 10.2. The van der Waals surface area contributed by atoms with Crippen molar-refractivity contribution < 1.29 is 9.68 Å². The highest BCUT2D eigenvalue weighted by Gasteiger charge is 2.60. The Hall–Kier alpha value is -1.06. The zero-order valence-corrected chi connectivity index (χ0v) is 18.0. The molecule has 152 valence electrons. The molecule has 0 aliphatic heterocycles. The SMILES string of the molecule is CON=C1CCC2(C)C(CCC3C2CCC2(C)C(C(C)=NOC)CCC32)C1. The third kappa shape index (κ3) is 2.93. The molecule has 0 aromatic heterocycles. The summed E-state index contributed by atoms with van der Waals surface area (Å²) in [6.07, 6.45) is 11.8. The van der Waals surface area contributed by atoms with E-state index in [2.05, 4.69) is 31.1 Å². The van der Waals surface area contributed by atoms with Gasteiger partial charge in [-0.1, -0.05) is 24.2 Å². The molecule has 0 spiro atoms. The highest BCUT2D eigenvalue weighted by Crippen LogP contribution is 2.67. The minimum absolute atomic E-state index is 0.424. The Bertz CT molecular complexity index is 630. The maximum Gasteiger partial charge on any atom is 0.106 e. The molecular formula is C23H38N2O2. The Morgan fingerprint density at radius 2 is 1.70 bits per heavy atom. The number of hydrogen-bond acceptors (Lipinski definition) is 4. The first-order valence-electron chi connectivity index (χ1n) is 11.1. The number of fused-ring (bicyclic) bond motifs is 5. The van der Waals surface area contributed by atoms with Crippen LogP contribution in [0.5, 0.6) is 0 Å². The molecule has 4 heteroatoms. The molecule has 4 saturated carbocycles. The molecule has 4 fully saturated rings. The Balaban J connectivity index is 1.56. The lowest BCUT2D eigenvalue weighted by Gasteiger charge is -2.60. The Morgan fingerprint density at radius 1 is 0.926 bits per heavy atom. The summed E-state index contributed by atoms with van der Waals surface area (Å²) < 4.78 is 0. The molecule has 7 unspecified atom stereocenters. The molecule has 7 atom stereocenters. The number of oxime groups is 2. The van der Waals surface area contributed by atoms with Gasteiger partial charge >= 0.3 is 0 Å². The van der Waals surface area contributed by atoms with Crippen molar-refractivity contribution in [2.45, 2.75) is 78.6 Å². The lowest BCUT2D eigenvalue weighted by atomic mass is 9.44. The van der Waals surface area contributed by atoms with E-state index in [4.69, 9.17) is 9.68 Å². The number of nitrogens with zero attached hydrogens (tertiary/aromatic N) is 2. The summed E-state index contributed by atoms with van der Waals surface area (Å²) in [5.74, 6) is 4.10. The normalized spacial score (nSPS) is 48.6. The molecule has 0 aromatic carbocycles. The lowest BCUT2D eigenvalue weighted by Crippen LogP contribution is -2.53. The molecule has 0 bridgehead atoms. The predicted octanol–water partition coefficient (Wildman–Crippen LogP) is 5.67. The van der Waals surface area contributed by atoms with Crippen LogP contribution in [-0.4, -0.2) is 25.6 Å². The van der Waals surface area contributed by atoms with E-state index in [-0.39, 0.29) is 0 Å². The van der Waals surface area contributed by atoms with Gasteiger partial charge in [-0.2, -0.15) is 0 Å². The average Bonchev–Trinajstić information content (AvgIpc) is 3.00. The van der Waals surface area contributed by atoms with Crippen LogP contribution >= 0.6 is 0 Å². The summed E-state index contributed by atoms with van der Waals surface area (Å²) in [5.41, 5.74) is 3.45. The fourth-order valence-corrected chi connectivity index (χ4v) is 8.17. The zero-order valence-electron chi connectivity index (χ0n) is 18.0. The van der Waals surface area contributed by atoms with Crippen molar-refractivity contribution in [3.05, 3.63) is 0 Å².